The maximum atomic E-state index is 12.5. The Morgan fingerprint density at radius 1 is 0.905 bits per heavy atom. The summed E-state index contributed by atoms with van der Waals surface area (Å²) < 4.78 is 59.6. The van der Waals surface area contributed by atoms with Gasteiger partial charge in [0.05, 0.1) is 6.61 Å². The number of benzene rings is 2. The van der Waals surface area contributed by atoms with Crippen LogP contribution in [0, 0.1) is 0 Å². The summed E-state index contributed by atoms with van der Waals surface area (Å²) in [6.45, 7) is -0.986. The summed E-state index contributed by atoms with van der Waals surface area (Å²) in [5.74, 6) is -0.0386. The van der Waals surface area contributed by atoms with Crippen LogP contribution in [-0.2, 0) is 38.2 Å². The Morgan fingerprint density at radius 2 is 1.55 bits per heavy atom. The second-order valence-electron chi connectivity index (χ2n) is 8.60. The number of aliphatic hydroxyl groups is 2. The van der Waals surface area contributed by atoms with Crippen LogP contribution in [0.3, 0.4) is 0 Å². The molecule has 17 nitrogen and oxygen atoms in total. The quantitative estimate of drug-likeness (QED) is 0.207. The van der Waals surface area contributed by atoms with Crippen LogP contribution in [0.5, 0.6) is 5.88 Å². The molecule has 0 amide bonds. The van der Waals surface area contributed by atoms with E-state index in [9.17, 15) is 43.4 Å². The van der Waals surface area contributed by atoms with E-state index in [0.717, 1.165) is 16.3 Å². The molecular weight excluding hydrogens is 623 g/mol. The molecule has 1 saturated heterocycles. The minimum Gasteiger partial charge on any atom is -0.761 e. The second kappa shape index (κ2) is 13.3. The fraction of sp³-hybridized carbons (Fsp3) is 0.273. The van der Waals surface area contributed by atoms with Crippen LogP contribution in [0.2, 0.25) is 0 Å². The highest BCUT2D eigenvalue weighted by atomic mass is 31.3. The van der Waals surface area contributed by atoms with Crippen molar-refractivity contribution in [3.63, 3.8) is 0 Å². The van der Waals surface area contributed by atoms with Crippen LogP contribution in [0.15, 0.2) is 77.7 Å². The van der Waals surface area contributed by atoms with Crippen molar-refractivity contribution in [2.45, 2.75) is 31.1 Å². The number of hydrogen-bond acceptors (Lipinski definition) is 15. The normalized spacial score (nSPS) is 24.7. The van der Waals surface area contributed by atoms with Crippen LogP contribution in [-0.4, -0.2) is 44.7 Å². The van der Waals surface area contributed by atoms with Crippen LogP contribution in [0.25, 0.3) is 0 Å². The number of phosphoric ester groups is 1. The third kappa shape index (κ3) is 8.88. The molecule has 0 aliphatic carbocycles. The predicted octanol–water partition coefficient (Wildman–Crippen LogP) is 0.00860. The number of rotatable bonds is 13. The first-order chi connectivity index (χ1) is 19.7. The monoisotopic (exact) mass is 646 g/mol. The Bertz CT molecular complexity index is 1560. The van der Waals surface area contributed by atoms with Gasteiger partial charge in [0.2, 0.25) is 13.6 Å². The molecule has 4 rings (SSSR count). The Kier molecular flexibility index (Phi) is 10.2. The van der Waals surface area contributed by atoms with Crippen molar-refractivity contribution in [3.8, 4) is 5.88 Å². The predicted molar refractivity (Wildman–Crippen MR) is 136 cm³/mol. The molecule has 4 unspecified atom stereocenters. The standard InChI is InChI=1S/C22H26N3O14P3/c26-19-17(14-36-41(31,32)39-42(33,34)38-40(29,30)24-16-9-5-2-6-10-16)37-21(20(19)27)25-12-11-18(23-22(25)28)35-13-15-7-3-1-4-8-15/h1-12,17,19-21,26-27H,13-14H2,(H,31,32)(H,33,34)(H2,24,29,30)/p-3/t17-,19?,20+,21-/m1/s1. The lowest BCUT2D eigenvalue weighted by Gasteiger charge is -2.35. The van der Waals surface area contributed by atoms with E-state index in [1.165, 1.54) is 30.3 Å². The third-order valence-corrected chi connectivity index (χ3v) is 9.75. The van der Waals surface area contributed by atoms with E-state index < -0.39 is 60.2 Å². The van der Waals surface area contributed by atoms with E-state index in [4.69, 9.17) is 9.47 Å². The number of para-hydroxylation sites is 1. The highest BCUT2D eigenvalue weighted by Crippen LogP contribution is 2.62. The van der Waals surface area contributed by atoms with Gasteiger partial charge in [-0.2, -0.15) is 4.98 Å². The zero-order valence-corrected chi connectivity index (χ0v) is 23.9. The van der Waals surface area contributed by atoms with Crippen LogP contribution < -0.4 is 30.2 Å². The van der Waals surface area contributed by atoms with Crippen molar-refractivity contribution in [1.29, 1.82) is 0 Å². The molecule has 2 heterocycles. The minimum atomic E-state index is -6.07. The van der Waals surface area contributed by atoms with Gasteiger partial charge in [0.15, 0.2) is 6.23 Å². The number of aromatic nitrogens is 2. The number of nitrogens with one attached hydrogen (secondary N) is 1. The zero-order chi connectivity index (χ0) is 30.5. The molecule has 3 aromatic rings. The van der Waals surface area contributed by atoms with E-state index in [-0.39, 0.29) is 18.2 Å². The van der Waals surface area contributed by atoms with Crippen molar-refractivity contribution in [1.82, 2.24) is 9.55 Å². The molecule has 1 aliphatic rings. The fourth-order valence-corrected chi connectivity index (χ4v) is 7.22. The van der Waals surface area contributed by atoms with Crippen LogP contribution >= 0.6 is 23.4 Å². The van der Waals surface area contributed by atoms with Gasteiger partial charge in [-0.15, -0.1) is 0 Å². The number of aliphatic hydroxyl groups excluding tert-OH is 2. The summed E-state index contributed by atoms with van der Waals surface area (Å²) in [4.78, 5) is 52.2. The molecule has 1 fully saturated rings. The van der Waals surface area contributed by atoms with Crippen LogP contribution in [0.1, 0.15) is 11.8 Å². The Hall–Kier alpha value is -2.75. The van der Waals surface area contributed by atoms with E-state index in [1.807, 2.05) is 6.07 Å². The van der Waals surface area contributed by atoms with Crippen molar-refractivity contribution in [2.24, 2.45) is 0 Å². The van der Waals surface area contributed by atoms with Gasteiger partial charge >= 0.3 is 5.69 Å². The highest BCUT2D eigenvalue weighted by Gasteiger charge is 2.45. The highest BCUT2D eigenvalue weighted by molar-refractivity contribution is 7.67. The topological polar surface area (TPSA) is 254 Å². The van der Waals surface area contributed by atoms with E-state index in [0.29, 0.717) is 0 Å². The molecule has 20 heteroatoms. The summed E-state index contributed by atoms with van der Waals surface area (Å²) in [6, 6.07) is 17.3. The van der Waals surface area contributed by atoms with Gasteiger partial charge in [0, 0.05) is 18.0 Å². The molecule has 0 saturated carbocycles. The first-order valence-electron chi connectivity index (χ1n) is 11.8. The molecule has 1 aromatic heterocycles. The first-order valence-corrected chi connectivity index (χ1v) is 16.3. The van der Waals surface area contributed by atoms with E-state index >= 15 is 0 Å². The fourth-order valence-electron chi connectivity index (χ4n) is 3.65. The SMILES string of the molecule is O=c1nc(OCc2ccccc2)ccn1[C@@H]1O[C@H](COP(=O)([O-])OP(=O)([O-])OP(=O)([O-])Nc2ccccc2)C(O)[C@@H]1O. The summed E-state index contributed by atoms with van der Waals surface area (Å²) in [7, 11) is -17.3. The first kappa shape index (κ1) is 32.2. The summed E-state index contributed by atoms with van der Waals surface area (Å²) >= 11 is 0. The number of ether oxygens (including phenoxy) is 2. The average molecular weight is 646 g/mol. The minimum absolute atomic E-state index is 0.0386. The zero-order valence-electron chi connectivity index (χ0n) is 21.2. The summed E-state index contributed by atoms with van der Waals surface area (Å²) in [5, 5.41) is 22.4. The van der Waals surface area contributed by atoms with Crippen molar-refractivity contribution in [2.75, 3.05) is 11.7 Å². The van der Waals surface area contributed by atoms with Gasteiger partial charge in [-0.1, -0.05) is 48.5 Å². The molecule has 0 spiro atoms. The molecule has 7 atom stereocenters. The van der Waals surface area contributed by atoms with Gasteiger partial charge in [-0.05, 0) is 17.7 Å². The van der Waals surface area contributed by atoms with Gasteiger partial charge in [0.25, 0.3) is 15.6 Å². The summed E-state index contributed by atoms with van der Waals surface area (Å²) in [5.41, 5.74) is -0.206. The van der Waals surface area contributed by atoms with Crippen LogP contribution in [0.4, 0.5) is 5.69 Å². The second-order valence-corrected chi connectivity index (χ2v) is 13.2. The molecule has 2 aromatic carbocycles. The van der Waals surface area contributed by atoms with E-state index in [2.05, 4.69) is 18.1 Å². The lowest BCUT2D eigenvalue weighted by atomic mass is 10.1. The molecule has 42 heavy (non-hydrogen) atoms. The van der Waals surface area contributed by atoms with Gasteiger partial charge in [-0.25, -0.2) is 9.11 Å². The largest absolute Gasteiger partial charge is 0.761 e. The maximum Gasteiger partial charge on any atom is 0.353 e. The number of anilines is 1. The average Bonchev–Trinajstić information content (AvgIpc) is 3.19. The van der Waals surface area contributed by atoms with Gasteiger partial charge in [0.1, 0.15) is 24.9 Å². The lowest BCUT2D eigenvalue weighted by molar-refractivity contribution is -0.245. The molecule has 1 aliphatic heterocycles. The number of nitrogens with zero attached hydrogens (tertiary/aromatic N) is 2. The van der Waals surface area contributed by atoms with Crippen molar-refractivity contribution in [3.05, 3.63) is 89.0 Å². The van der Waals surface area contributed by atoms with Crippen molar-refractivity contribution >= 4 is 29.1 Å². The lowest BCUT2D eigenvalue weighted by Crippen LogP contribution is -2.36. The Morgan fingerprint density at radius 3 is 2.19 bits per heavy atom. The van der Waals surface area contributed by atoms with Gasteiger partial charge in [-0.3, -0.25) is 22.6 Å². The third-order valence-electron chi connectivity index (χ3n) is 5.49. The Labute approximate surface area is 237 Å². The van der Waals surface area contributed by atoms with Gasteiger partial charge < -0.3 is 44.0 Å². The summed E-state index contributed by atoms with van der Waals surface area (Å²) in [6.07, 6.45) is -5.59. The molecule has 3 N–H and O–H groups in total. The molecular formula is C22H23N3O14P3-3. The molecule has 0 bridgehead atoms. The molecule has 0 radical (unpaired) electrons. The number of phosphoric acid groups is 2. The van der Waals surface area contributed by atoms with Crippen molar-refractivity contribution < 1.29 is 61.2 Å². The van der Waals surface area contributed by atoms with E-state index in [1.54, 1.807) is 35.4 Å². The maximum absolute atomic E-state index is 12.5. The number of hydrogen-bond donors (Lipinski definition) is 3. The Balaban J connectivity index is 1.33. The molecule has 228 valence electrons. The smallest absolute Gasteiger partial charge is 0.353 e.